The van der Waals surface area contributed by atoms with E-state index < -0.39 is 11.9 Å². The number of likely N-dealkylation sites (tertiary alicyclic amines) is 1. The van der Waals surface area contributed by atoms with Crippen LogP contribution in [0, 0.1) is 5.82 Å². The summed E-state index contributed by atoms with van der Waals surface area (Å²) < 4.78 is 18.8. The number of halogens is 1. The average molecular weight is 294 g/mol. The van der Waals surface area contributed by atoms with Crippen molar-refractivity contribution < 1.29 is 13.9 Å². The number of ether oxygens (including phenoxy) is 1. The van der Waals surface area contributed by atoms with Crippen LogP contribution in [0.1, 0.15) is 26.2 Å². The molecule has 0 unspecified atom stereocenters. The number of benzene rings is 1. The summed E-state index contributed by atoms with van der Waals surface area (Å²) in [6.45, 7) is 5.30. The minimum absolute atomic E-state index is 0.108. The van der Waals surface area contributed by atoms with Gasteiger partial charge in [0.1, 0.15) is 0 Å². The normalized spacial score (nSPS) is 17.2. The highest BCUT2D eigenvalue weighted by Gasteiger charge is 2.16. The SMILES string of the molecule is C[C@H](Oc1ccccc1F)C(=O)NCCN1CCCCC1. The fraction of sp³-hybridized carbons (Fsp3) is 0.562. The summed E-state index contributed by atoms with van der Waals surface area (Å²) in [5.74, 6) is -0.558. The average Bonchev–Trinajstić information content (AvgIpc) is 2.50. The maximum Gasteiger partial charge on any atom is 0.260 e. The van der Waals surface area contributed by atoms with Crippen LogP contribution in [0.15, 0.2) is 24.3 Å². The van der Waals surface area contributed by atoms with Gasteiger partial charge in [-0.05, 0) is 45.0 Å². The van der Waals surface area contributed by atoms with Crippen molar-refractivity contribution in [3.05, 3.63) is 30.1 Å². The number of piperidine rings is 1. The molecule has 0 bridgehead atoms. The maximum atomic E-state index is 13.4. The Kier molecular flexibility index (Phi) is 5.99. The number of para-hydroxylation sites is 1. The first-order valence-corrected chi connectivity index (χ1v) is 7.58. The molecule has 21 heavy (non-hydrogen) atoms. The van der Waals surface area contributed by atoms with Gasteiger partial charge in [0.15, 0.2) is 17.7 Å². The zero-order valence-electron chi connectivity index (χ0n) is 12.5. The molecule has 1 fully saturated rings. The third-order valence-electron chi connectivity index (χ3n) is 3.69. The number of carbonyl (C=O) groups excluding carboxylic acids is 1. The van der Waals surface area contributed by atoms with E-state index in [1.807, 2.05) is 0 Å². The number of amides is 1. The number of nitrogens with zero attached hydrogens (tertiary/aromatic N) is 1. The molecule has 1 aliphatic rings. The molecule has 0 radical (unpaired) electrons. The number of hydrogen-bond donors (Lipinski definition) is 1. The van der Waals surface area contributed by atoms with Crippen molar-refractivity contribution in [1.29, 1.82) is 0 Å². The third-order valence-corrected chi connectivity index (χ3v) is 3.69. The number of rotatable bonds is 6. The minimum Gasteiger partial charge on any atom is -0.478 e. The molecule has 1 atom stereocenters. The second kappa shape index (κ2) is 7.98. The highest BCUT2D eigenvalue weighted by atomic mass is 19.1. The maximum absolute atomic E-state index is 13.4. The molecular formula is C16H23FN2O2. The Morgan fingerprint density at radius 1 is 1.33 bits per heavy atom. The predicted molar refractivity (Wildman–Crippen MR) is 79.8 cm³/mol. The van der Waals surface area contributed by atoms with Crippen LogP contribution in [-0.2, 0) is 4.79 Å². The molecule has 0 aromatic heterocycles. The van der Waals surface area contributed by atoms with Crippen molar-refractivity contribution in [1.82, 2.24) is 10.2 Å². The highest BCUT2D eigenvalue weighted by Crippen LogP contribution is 2.16. The van der Waals surface area contributed by atoms with E-state index in [-0.39, 0.29) is 11.7 Å². The topological polar surface area (TPSA) is 41.6 Å². The first-order chi connectivity index (χ1) is 10.2. The molecule has 1 saturated heterocycles. The van der Waals surface area contributed by atoms with E-state index in [9.17, 15) is 9.18 Å². The van der Waals surface area contributed by atoms with Crippen molar-refractivity contribution in [3.8, 4) is 5.75 Å². The largest absolute Gasteiger partial charge is 0.478 e. The summed E-state index contributed by atoms with van der Waals surface area (Å²) in [4.78, 5) is 14.3. The Balaban J connectivity index is 1.71. The van der Waals surface area contributed by atoms with Crippen LogP contribution in [0.3, 0.4) is 0 Å². The van der Waals surface area contributed by atoms with Gasteiger partial charge in [0, 0.05) is 13.1 Å². The molecule has 0 spiro atoms. The summed E-state index contributed by atoms with van der Waals surface area (Å²) >= 11 is 0. The van der Waals surface area contributed by atoms with Crippen molar-refractivity contribution in [2.75, 3.05) is 26.2 Å². The fourth-order valence-electron chi connectivity index (χ4n) is 2.45. The monoisotopic (exact) mass is 294 g/mol. The lowest BCUT2D eigenvalue weighted by Gasteiger charge is -2.26. The lowest BCUT2D eigenvalue weighted by Crippen LogP contribution is -2.42. The molecular weight excluding hydrogens is 271 g/mol. The summed E-state index contributed by atoms with van der Waals surface area (Å²) in [5.41, 5.74) is 0. The number of hydrogen-bond acceptors (Lipinski definition) is 3. The highest BCUT2D eigenvalue weighted by molar-refractivity contribution is 5.80. The van der Waals surface area contributed by atoms with Gasteiger partial charge >= 0.3 is 0 Å². The van der Waals surface area contributed by atoms with Crippen molar-refractivity contribution >= 4 is 5.91 Å². The summed E-state index contributed by atoms with van der Waals surface area (Å²) in [6, 6.07) is 6.11. The summed E-state index contributed by atoms with van der Waals surface area (Å²) in [7, 11) is 0. The molecule has 1 aromatic carbocycles. The van der Waals surface area contributed by atoms with Crippen LogP contribution in [0.4, 0.5) is 4.39 Å². The number of nitrogens with one attached hydrogen (secondary N) is 1. The van der Waals surface area contributed by atoms with Gasteiger partial charge < -0.3 is 15.0 Å². The van der Waals surface area contributed by atoms with Crippen LogP contribution in [0.5, 0.6) is 5.75 Å². The van der Waals surface area contributed by atoms with Gasteiger partial charge in [0.25, 0.3) is 5.91 Å². The van der Waals surface area contributed by atoms with Gasteiger partial charge in [-0.2, -0.15) is 0 Å². The Morgan fingerprint density at radius 3 is 2.76 bits per heavy atom. The standard InChI is InChI=1S/C16H23FN2O2/c1-13(21-15-8-4-3-7-14(15)17)16(20)18-9-12-19-10-5-2-6-11-19/h3-4,7-8,13H,2,5-6,9-12H2,1H3,(H,18,20)/t13-/m0/s1. The second-order valence-corrected chi connectivity index (χ2v) is 5.38. The van der Waals surface area contributed by atoms with Gasteiger partial charge in [-0.25, -0.2) is 4.39 Å². The van der Waals surface area contributed by atoms with Gasteiger partial charge in [0.05, 0.1) is 0 Å². The molecule has 0 aliphatic carbocycles. The van der Waals surface area contributed by atoms with Gasteiger partial charge in [-0.15, -0.1) is 0 Å². The third kappa shape index (κ3) is 5.01. The van der Waals surface area contributed by atoms with Crippen molar-refractivity contribution in [3.63, 3.8) is 0 Å². The molecule has 1 amide bonds. The van der Waals surface area contributed by atoms with Crippen LogP contribution in [0.2, 0.25) is 0 Å². The summed E-state index contributed by atoms with van der Waals surface area (Å²) in [6.07, 6.45) is 3.07. The van der Waals surface area contributed by atoms with Crippen molar-refractivity contribution in [2.24, 2.45) is 0 Å². The molecule has 1 N–H and O–H groups in total. The lowest BCUT2D eigenvalue weighted by atomic mass is 10.1. The van der Waals surface area contributed by atoms with E-state index in [2.05, 4.69) is 10.2 Å². The molecule has 2 rings (SSSR count). The van der Waals surface area contributed by atoms with E-state index in [1.165, 1.54) is 31.4 Å². The fourth-order valence-corrected chi connectivity index (χ4v) is 2.45. The second-order valence-electron chi connectivity index (χ2n) is 5.38. The smallest absolute Gasteiger partial charge is 0.260 e. The van der Waals surface area contributed by atoms with Crippen LogP contribution >= 0.6 is 0 Å². The molecule has 5 heteroatoms. The van der Waals surface area contributed by atoms with E-state index in [0.717, 1.165) is 19.6 Å². The van der Waals surface area contributed by atoms with E-state index in [4.69, 9.17) is 4.74 Å². The first kappa shape index (κ1) is 15.8. The Labute approximate surface area is 125 Å². The molecule has 0 saturated carbocycles. The van der Waals surface area contributed by atoms with Crippen LogP contribution in [0.25, 0.3) is 0 Å². The zero-order valence-corrected chi connectivity index (χ0v) is 12.5. The lowest BCUT2D eigenvalue weighted by molar-refractivity contribution is -0.127. The van der Waals surface area contributed by atoms with Gasteiger partial charge in [0.2, 0.25) is 0 Å². The number of carbonyl (C=O) groups is 1. The van der Waals surface area contributed by atoms with Crippen LogP contribution in [-0.4, -0.2) is 43.1 Å². The van der Waals surface area contributed by atoms with Crippen molar-refractivity contribution in [2.45, 2.75) is 32.3 Å². The molecule has 116 valence electrons. The van der Waals surface area contributed by atoms with Gasteiger partial charge in [-0.3, -0.25) is 4.79 Å². The quantitative estimate of drug-likeness (QED) is 0.874. The van der Waals surface area contributed by atoms with E-state index in [1.54, 1.807) is 19.1 Å². The van der Waals surface area contributed by atoms with Gasteiger partial charge in [-0.1, -0.05) is 18.6 Å². The Morgan fingerprint density at radius 2 is 2.05 bits per heavy atom. The predicted octanol–water partition coefficient (Wildman–Crippen LogP) is 2.20. The van der Waals surface area contributed by atoms with E-state index >= 15 is 0 Å². The molecule has 1 heterocycles. The Bertz CT molecular complexity index is 461. The van der Waals surface area contributed by atoms with E-state index in [0.29, 0.717) is 6.54 Å². The van der Waals surface area contributed by atoms with Crippen LogP contribution < -0.4 is 10.1 Å². The zero-order chi connectivity index (χ0) is 15.1. The minimum atomic E-state index is -0.705. The summed E-state index contributed by atoms with van der Waals surface area (Å²) in [5, 5.41) is 2.84. The first-order valence-electron chi connectivity index (χ1n) is 7.58. The molecule has 4 nitrogen and oxygen atoms in total. The molecule has 1 aliphatic heterocycles. The Hall–Kier alpha value is -1.62. The molecule has 1 aromatic rings.